The summed E-state index contributed by atoms with van der Waals surface area (Å²) in [4.78, 5) is 30.9. The number of nitrogens with zero attached hydrogens (tertiary/aromatic N) is 4. The third-order valence-corrected chi connectivity index (χ3v) is 5.95. The maximum absolute atomic E-state index is 12.4. The van der Waals surface area contributed by atoms with Crippen LogP contribution in [0.4, 0.5) is 0 Å². The van der Waals surface area contributed by atoms with Gasteiger partial charge in [0.05, 0.1) is 19.2 Å². The quantitative estimate of drug-likeness (QED) is 0.774. The number of likely N-dealkylation sites (tertiary alicyclic amines) is 1. The number of nitriles is 1. The Labute approximate surface area is 156 Å². The minimum absolute atomic E-state index is 0.0463. The second-order valence-electron chi connectivity index (χ2n) is 7.94. The van der Waals surface area contributed by atoms with Gasteiger partial charge in [0.2, 0.25) is 11.8 Å². The molecule has 2 heterocycles. The molecule has 3 aliphatic rings. The summed E-state index contributed by atoms with van der Waals surface area (Å²) in [6.45, 7) is 5.86. The first kappa shape index (κ1) is 19.1. The number of hydrogen-bond donors (Lipinski definition) is 1. The molecule has 144 valence electrons. The van der Waals surface area contributed by atoms with E-state index >= 15 is 0 Å². The fourth-order valence-electron chi connectivity index (χ4n) is 4.29. The highest BCUT2D eigenvalue weighted by Crippen LogP contribution is 2.27. The van der Waals surface area contributed by atoms with Crippen LogP contribution in [0.3, 0.4) is 0 Å². The minimum atomic E-state index is -0.653. The van der Waals surface area contributed by atoms with Crippen molar-refractivity contribution in [2.24, 2.45) is 0 Å². The lowest BCUT2D eigenvalue weighted by atomic mass is 9.83. The summed E-state index contributed by atoms with van der Waals surface area (Å²) >= 11 is 0. The van der Waals surface area contributed by atoms with Crippen molar-refractivity contribution in [3.8, 4) is 6.07 Å². The van der Waals surface area contributed by atoms with Crippen molar-refractivity contribution in [2.75, 3.05) is 52.4 Å². The molecular weight excluding hydrogens is 330 g/mol. The van der Waals surface area contributed by atoms with Crippen LogP contribution in [0.15, 0.2) is 0 Å². The monoisotopic (exact) mass is 361 g/mol. The summed E-state index contributed by atoms with van der Waals surface area (Å²) in [6.07, 6.45) is 6.95. The Bertz CT molecular complexity index is 539. The van der Waals surface area contributed by atoms with Gasteiger partial charge in [0.1, 0.15) is 5.54 Å². The Kier molecular flexibility index (Phi) is 6.49. The number of amides is 2. The van der Waals surface area contributed by atoms with E-state index in [1.54, 1.807) is 0 Å². The summed E-state index contributed by atoms with van der Waals surface area (Å²) in [6, 6.07) is 2.34. The molecule has 0 radical (unpaired) electrons. The van der Waals surface area contributed by atoms with Crippen LogP contribution in [0.2, 0.25) is 0 Å². The van der Waals surface area contributed by atoms with E-state index in [0.717, 1.165) is 84.2 Å². The number of piperazine rings is 1. The molecule has 2 amide bonds. The van der Waals surface area contributed by atoms with Gasteiger partial charge in [0.15, 0.2) is 0 Å². The SMILES string of the molecule is N#CC1(NC(=O)CN2CCN(CC(=O)N3CCCC3)CC2)CCCCC1. The van der Waals surface area contributed by atoms with Gasteiger partial charge in [-0.3, -0.25) is 19.4 Å². The fraction of sp³-hybridized carbons (Fsp3) is 0.842. The van der Waals surface area contributed by atoms with Gasteiger partial charge in [-0.2, -0.15) is 5.26 Å². The lowest BCUT2D eigenvalue weighted by Gasteiger charge is -2.36. The maximum atomic E-state index is 12.4. The van der Waals surface area contributed by atoms with Crippen LogP contribution < -0.4 is 5.32 Å². The summed E-state index contributed by atoms with van der Waals surface area (Å²) < 4.78 is 0. The van der Waals surface area contributed by atoms with E-state index in [0.29, 0.717) is 13.1 Å². The van der Waals surface area contributed by atoms with Gasteiger partial charge in [-0.05, 0) is 25.7 Å². The molecule has 0 aromatic heterocycles. The molecule has 1 N–H and O–H groups in total. The third-order valence-electron chi connectivity index (χ3n) is 5.95. The van der Waals surface area contributed by atoms with E-state index in [4.69, 9.17) is 0 Å². The third kappa shape index (κ3) is 4.95. The lowest BCUT2D eigenvalue weighted by Crippen LogP contribution is -2.55. The zero-order chi connectivity index (χ0) is 18.4. The molecular formula is C19H31N5O2. The molecule has 7 nitrogen and oxygen atoms in total. The van der Waals surface area contributed by atoms with E-state index in [9.17, 15) is 14.9 Å². The number of carbonyl (C=O) groups excluding carboxylic acids is 2. The standard InChI is InChI=1S/C19H31N5O2/c20-16-19(6-2-1-3-7-19)21-17(25)14-22-10-12-23(13-11-22)15-18(26)24-8-4-5-9-24/h1-15H2,(H,21,25). The Morgan fingerprint density at radius 1 is 0.846 bits per heavy atom. The molecule has 1 saturated carbocycles. The normalized spacial score (nSPS) is 24.2. The van der Waals surface area contributed by atoms with Gasteiger partial charge >= 0.3 is 0 Å². The molecule has 2 saturated heterocycles. The van der Waals surface area contributed by atoms with Crippen LogP contribution in [-0.2, 0) is 9.59 Å². The van der Waals surface area contributed by atoms with Crippen molar-refractivity contribution in [2.45, 2.75) is 50.5 Å². The first-order chi connectivity index (χ1) is 12.6. The molecule has 0 atom stereocenters. The van der Waals surface area contributed by atoms with Crippen molar-refractivity contribution in [1.82, 2.24) is 20.0 Å². The average Bonchev–Trinajstić information content (AvgIpc) is 3.19. The topological polar surface area (TPSA) is 79.7 Å². The Balaban J connectivity index is 1.38. The smallest absolute Gasteiger partial charge is 0.236 e. The average molecular weight is 361 g/mol. The lowest BCUT2D eigenvalue weighted by molar-refractivity contribution is -0.132. The molecule has 0 bridgehead atoms. The van der Waals surface area contributed by atoms with Crippen molar-refractivity contribution in [1.29, 1.82) is 5.26 Å². The number of hydrogen-bond acceptors (Lipinski definition) is 5. The first-order valence-corrected chi connectivity index (χ1v) is 10.0. The summed E-state index contributed by atoms with van der Waals surface area (Å²) in [5.74, 6) is 0.192. The zero-order valence-corrected chi connectivity index (χ0v) is 15.7. The Morgan fingerprint density at radius 2 is 1.42 bits per heavy atom. The molecule has 1 aliphatic carbocycles. The van der Waals surface area contributed by atoms with E-state index in [1.807, 2.05) is 4.90 Å². The number of carbonyl (C=O) groups is 2. The summed E-state index contributed by atoms with van der Waals surface area (Å²) in [7, 11) is 0. The van der Waals surface area contributed by atoms with Gasteiger partial charge < -0.3 is 10.2 Å². The Morgan fingerprint density at radius 3 is 2.00 bits per heavy atom. The fourth-order valence-corrected chi connectivity index (χ4v) is 4.29. The predicted octanol–water partition coefficient (Wildman–Crippen LogP) is 0.569. The second kappa shape index (κ2) is 8.83. The van der Waals surface area contributed by atoms with Crippen LogP contribution in [0, 0.1) is 11.3 Å². The minimum Gasteiger partial charge on any atom is -0.342 e. The van der Waals surface area contributed by atoms with E-state index in [2.05, 4.69) is 21.2 Å². The Hall–Kier alpha value is -1.65. The van der Waals surface area contributed by atoms with Crippen molar-refractivity contribution >= 4 is 11.8 Å². The van der Waals surface area contributed by atoms with Gasteiger partial charge in [-0.15, -0.1) is 0 Å². The van der Waals surface area contributed by atoms with E-state index < -0.39 is 5.54 Å². The van der Waals surface area contributed by atoms with Gasteiger partial charge in [0.25, 0.3) is 0 Å². The van der Waals surface area contributed by atoms with E-state index in [-0.39, 0.29) is 11.8 Å². The zero-order valence-electron chi connectivity index (χ0n) is 15.7. The highest BCUT2D eigenvalue weighted by atomic mass is 16.2. The molecule has 3 fully saturated rings. The molecule has 0 spiro atoms. The molecule has 0 unspecified atom stereocenters. The number of nitrogens with one attached hydrogen (secondary N) is 1. The highest BCUT2D eigenvalue weighted by Gasteiger charge is 2.34. The first-order valence-electron chi connectivity index (χ1n) is 10.0. The van der Waals surface area contributed by atoms with E-state index in [1.165, 1.54) is 0 Å². The molecule has 7 heteroatoms. The predicted molar refractivity (Wildman–Crippen MR) is 98.3 cm³/mol. The molecule has 0 aromatic carbocycles. The second-order valence-corrected chi connectivity index (χ2v) is 7.94. The van der Waals surface area contributed by atoms with Crippen LogP contribution in [0.1, 0.15) is 44.9 Å². The molecule has 2 aliphatic heterocycles. The maximum Gasteiger partial charge on any atom is 0.236 e. The van der Waals surface area contributed by atoms with Crippen molar-refractivity contribution in [3.63, 3.8) is 0 Å². The van der Waals surface area contributed by atoms with Gasteiger partial charge in [0, 0.05) is 39.3 Å². The van der Waals surface area contributed by atoms with Crippen LogP contribution in [-0.4, -0.2) is 84.4 Å². The number of rotatable bonds is 5. The molecule has 3 rings (SSSR count). The molecule has 26 heavy (non-hydrogen) atoms. The van der Waals surface area contributed by atoms with Gasteiger partial charge in [-0.1, -0.05) is 19.3 Å². The van der Waals surface area contributed by atoms with Crippen molar-refractivity contribution < 1.29 is 9.59 Å². The highest BCUT2D eigenvalue weighted by molar-refractivity contribution is 5.79. The van der Waals surface area contributed by atoms with Gasteiger partial charge in [-0.25, -0.2) is 0 Å². The van der Waals surface area contributed by atoms with Crippen LogP contribution >= 0.6 is 0 Å². The van der Waals surface area contributed by atoms with Crippen LogP contribution in [0.5, 0.6) is 0 Å². The largest absolute Gasteiger partial charge is 0.342 e. The molecule has 0 aromatic rings. The van der Waals surface area contributed by atoms with Crippen LogP contribution in [0.25, 0.3) is 0 Å². The van der Waals surface area contributed by atoms with Crippen molar-refractivity contribution in [3.05, 3.63) is 0 Å². The summed E-state index contributed by atoms with van der Waals surface area (Å²) in [5, 5.41) is 12.5. The summed E-state index contributed by atoms with van der Waals surface area (Å²) in [5.41, 5.74) is -0.653.